The lowest BCUT2D eigenvalue weighted by Gasteiger charge is -2.22. The molecule has 2 heterocycles. The van der Waals surface area contributed by atoms with Crippen LogP contribution in [0.4, 0.5) is 0 Å². The van der Waals surface area contributed by atoms with Crippen molar-refractivity contribution in [3.63, 3.8) is 0 Å². The van der Waals surface area contributed by atoms with Gasteiger partial charge in [-0.05, 0) is 12.2 Å². The molecule has 1 amide bonds. The molecule has 2 saturated heterocycles. The fourth-order valence-corrected chi connectivity index (χ4v) is 3.70. The van der Waals surface area contributed by atoms with Crippen molar-refractivity contribution in [1.29, 1.82) is 0 Å². The van der Waals surface area contributed by atoms with E-state index in [9.17, 15) is 4.79 Å². The third-order valence-corrected chi connectivity index (χ3v) is 5.31. The van der Waals surface area contributed by atoms with Crippen molar-refractivity contribution in [2.24, 2.45) is 11.3 Å². The summed E-state index contributed by atoms with van der Waals surface area (Å²) in [5.41, 5.74) is 0.0724. The number of amides is 1. The van der Waals surface area contributed by atoms with Gasteiger partial charge in [-0.1, -0.05) is 13.8 Å². The molecule has 15 heavy (non-hydrogen) atoms. The average molecular weight is 248 g/mol. The summed E-state index contributed by atoms with van der Waals surface area (Å²) < 4.78 is 0. The van der Waals surface area contributed by atoms with Crippen molar-refractivity contribution in [1.82, 2.24) is 4.90 Å². The van der Waals surface area contributed by atoms with Crippen molar-refractivity contribution in [3.8, 4) is 0 Å². The average Bonchev–Trinajstić information content (AvgIpc) is 2.74. The Balaban J connectivity index is 1.98. The van der Waals surface area contributed by atoms with Gasteiger partial charge in [-0.15, -0.1) is 11.6 Å². The second-order valence-corrected chi connectivity index (χ2v) is 6.91. The number of thioether (sulfide) groups is 1. The maximum atomic E-state index is 12.1. The van der Waals surface area contributed by atoms with Gasteiger partial charge in [-0.2, -0.15) is 11.8 Å². The van der Waals surface area contributed by atoms with E-state index in [-0.39, 0.29) is 16.7 Å². The molecular formula is C11H18ClNOS. The number of likely N-dealkylation sites (tertiary alicyclic amines) is 1. The van der Waals surface area contributed by atoms with Gasteiger partial charge in [0.05, 0.1) is 5.38 Å². The molecular weight excluding hydrogens is 230 g/mol. The maximum absolute atomic E-state index is 12.1. The lowest BCUT2D eigenvalue weighted by Crippen LogP contribution is -2.35. The molecule has 2 aliphatic heterocycles. The molecule has 2 atom stereocenters. The lowest BCUT2D eigenvalue weighted by molar-refractivity contribution is -0.133. The highest BCUT2D eigenvalue weighted by Crippen LogP contribution is 2.35. The molecule has 0 spiro atoms. The van der Waals surface area contributed by atoms with Crippen molar-refractivity contribution in [3.05, 3.63) is 0 Å². The highest BCUT2D eigenvalue weighted by Gasteiger charge is 2.41. The Kier molecular flexibility index (Phi) is 3.22. The quantitative estimate of drug-likeness (QED) is 0.663. The van der Waals surface area contributed by atoms with E-state index in [1.54, 1.807) is 0 Å². The van der Waals surface area contributed by atoms with Crippen LogP contribution in [-0.2, 0) is 4.79 Å². The molecule has 2 rings (SSSR count). The van der Waals surface area contributed by atoms with Crippen LogP contribution in [0.25, 0.3) is 0 Å². The zero-order valence-corrected chi connectivity index (χ0v) is 10.9. The zero-order chi connectivity index (χ0) is 11.1. The summed E-state index contributed by atoms with van der Waals surface area (Å²) in [4.78, 5) is 14.1. The summed E-state index contributed by atoms with van der Waals surface area (Å²) in [7, 11) is 0. The smallest absolute Gasteiger partial charge is 0.226 e. The van der Waals surface area contributed by atoms with Crippen LogP contribution in [0.1, 0.15) is 20.3 Å². The minimum atomic E-state index is 0.0724. The van der Waals surface area contributed by atoms with Gasteiger partial charge in [-0.25, -0.2) is 0 Å². The number of halogens is 1. The van der Waals surface area contributed by atoms with E-state index < -0.39 is 0 Å². The van der Waals surface area contributed by atoms with Gasteiger partial charge >= 0.3 is 0 Å². The van der Waals surface area contributed by atoms with Crippen LogP contribution in [0.2, 0.25) is 0 Å². The number of alkyl halides is 1. The van der Waals surface area contributed by atoms with Crippen LogP contribution in [0.15, 0.2) is 0 Å². The normalized spacial score (nSPS) is 34.7. The Labute approximate surface area is 101 Å². The maximum Gasteiger partial charge on any atom is 0.226 e. The molecule has 2 fully saturated rings. The molecule has 0 aliphatic carbocycles. The summed E-state index contributed by atoms with van der Waals surface area (Å²) in [5.74, 6) is 2.73. The minimum absolute atomic E-state index is 0.0724. The third kappa shape index (κ3) is 2.28. The number of carbonyl (C=O) groups is 1. The highest BCUT2D eigenvalue weighted by atomic mass is 35.5. The van der Waals surface area contributed by atoms with Crippen LogP contribution in [0.3, 0.4) is 0 Å². The molecule has 0 radical (unpaired) electrons. The number of rotatable bonds is 1. The Hall–Kier alpha value is 0.110. The van der Waals surface area contributed by atoms with E-state index in [0.717, 1.165) is 31.0 Å². The Morgan fingerprint density at radius 2 is 2.27 bits per heavy atom. The number of nitrogens with zero attached hydrogens (tertiary/aromatic N) is 1. The van der Waals surface area contributed by atoms with Gasteiger partial charge in [0.2, 0.25) is 5.91 Å². The Bertz CT molecular complexity index is 263. The van der Waals surface area contributed by atoms with E-state index >= 15 is 0 Å². The second-order valence-electron chi connectivity index (χ2n) is 5.24. The molecule has 0 aromatic heterocycles. The van der Waals surface area contributed by atoms with Crippen molar-refractivity contribution >= 4 is 29.3 Å². The van der Waals surface area contributed by atoms with Gasteiger partial charge in [0.15, 0.2) is 0 Å². The number of hydrogen-bond acceptors (Lipinski definition) is 2. The Morgan fingerprint density at radius 1 is 1.53 bits per heavy atom. The first kappa shape index (κ1) is 11.6. The molecule has 0 saturated carbocycles. The second kappa shape index (κ2) is 4.17. The molecule has 0 aromatic rings. The predicted molar refractivity (Wildman–Crippen MR) is 65.4 cm³/mol. The first-order valence-corrected chi connectivity index (χ1v) is 7.10. The topological polar surface area (TPSA) is 20.3 Å². The highest BCUT2D eigenvalue weighted by molar-refractivity contribution is 7.99. The fraction of sp³-hybridized carbons (Fsp3) is 0.909. The number of carbonyl (C=O) groups excluding carboxylic acids is 1. The monoisotopic (exact) mass is 247 g/mol. The first-order valence-electron chi connectivity index (χ1n) is 5.51. The largest absolute Gasteiger partial charge is 0.340 e. The van der Waals surface area contributed by atoms with E-state index in [1.807, 2.05) is 16.7 Å². The van der Waals surface area contributed by atoms with Crippen molar-refractivity contribution < 1.29 is 4.79 Å². The van der Waals surface area contributed by atoms with Crippen molar-refractivity contribution in [2.45, 2.75) is 25.6 Å². The summed E-state index contributed by atoms with van der Waals surface area (Å²) >= 11 is 8.14. The predicted octanol–water partition coefficient (Wildman–Crippen LogP) is 2.22. The molecule has 86 valence electrons. The van der Waals surface area contributed by atoms with Gasteiger partial charge in [0.25, 0.3) is 0 Å². The zero-order valence-electron chi connectivity index (χ0n) is 9.33. The fourth-order valence-electron chi connectivity index (χ4n) is 2.25. The van der Waals surface area contributed by atoms with Crippen LogP contribution >= 0.6 is 23.4 Å². The third-order valence-electron chi connectivity index (χ3n) is 3.42. The molecule has 2 nitrogen and oxygen atoms in total. The molecule has 0 bridgehead atoms. The molecule has 0 aromatic carbocycles. The lowest BCUT2D eigenvalue weighted by atomic mass is 9.92. The summed E-state index contributed by atoms with van der Waals surface area (Å²) in [5, 5.41) is 0.107. The molecule has 2 unspecified atom stereocenters. The Morgan fingerprint density at radius 3 is 2.73 bits per heavy atom. The van der Waals surface area contributed by atoms with Crippen LogP contribution in [0.5, 0.6) is 0 Å². The van der Waals surface area contributed by atoms with E-state index in [2.05, 4.69) is 13.8 Å². The van der Waals surface area contributed by atoms with E-state index in [4.69, 9.17) is 11.6 Å². The van der Waals surface area contributed by atoms with Crippen LogP contribution in [0, 0.1) is 11.3 Å². The summed E-state index contributed by atoms with van der Waals surface area (Å²) in [6, 6.07) is 0. The van der Waals surface area contributed by atoms with Gasteiger partial charge < -0.3 is 4.90 Å². The molecule has 0 N–H and O–H groups in total. The summed E-state index contributed by atoms with van der Waals surface area (Å²) in [6.07, 6.45) is 1.05. The minimum Gasteiger partial charge on any atom is -0.340 e. The molecule has 4 heteroatoms. The van der Waals surface area contributed by atoms with E-state index in [1.165, 1.54) is 0 Å². The number of hydrogen-bond donors (Lipinski definition) is 0. The standard InChI is InChI=1S/C11H18ClNOS/c1-11(2)7-13(5-9(11)12)10(14)8-3-4-15-6-8/h8-9H,3-7H2,1-2H3. The SMILES string of the molecule is CC1(C)CN(C(=O)C2CCSC2)CC1Cl. The van der Waals surface area contributed by atoms with E-state index in [0.29, 0.717) is 5.91 Å². The van der Waals surface area contributed by atoms with Gasteiger partial charge in [0.1, 0.15) is 0 Å². The first-order chi connectivity index (χ1) is 7.00. The van der Waals surface area contributed by atoms with Crippen molar-refractivity contribution in [2.75, 3.05) is 24.6 Å². The van der Waals surface area contributed by atoms with Crippen LogP contribution in [-0.4, -0.2) is 40.8 Å². The van der Waals surface area contributed by atoms with Crippen LogP contribution < -0.4 is 0 Å². The van der Waals surface area contributed by atoms with Gasteiger partial charge in [-0.3, -0.25) is 4.79 Å². The van der Waals surface area contributed by atoms with Gasteiger partial charge in [0, 0.05) is 30.2 Å². The molecule has 2 aliphatic rings. The summed E-state index contributed by atoms with van der Waals surface area (Å²) in [6.45, 7) is 5.83.